The number of carbonyl (C=O) groups excluding carboxylic acids is 2. The van der Waals surface area contributed by atoms with Crippen molar-refractivity contribution < 1.29 is 28.2 Å². The summed E-state index contributed by atoms with van der Waals surface area (Å²) < 4.78 is 31.8. The molecule has 0 unspecified atom stereocenters. The number of hydrogen-bond acceptors (Lipinski definition) is 5. The van der Waals surface area contributed by atoms with Gasteiger partial charge in [0.15, 0.2) is 6.10 Å². The number of anilines is 2. The largest absolute Gasteiger partial charge is 0.449 e. The van der Waals surface area contributed by atoms with Crippen molar-refractivity contribution in [1.29, 1.82) is 0 Å². The number of amides is 1. The first-order valence-corrected chi connectivity index (χ1v) is 7.83. The molecule has 0 bridgehead atoms. The van der Waals surface area contributed by atoms with Crippen LogP contribution in [-0.2, 0) is 9.53 Å². The average molecular weight is 364 g/mol. The summed E-state index contributed by atoms with van der Waals surface area (Å²) in [6, 6.07) is 9.07. The zero-order chi connectivity index (χ0) is 19.1. The Morgan fingerprint density at radius 2 is 1.88 bits per heavy atom. The van der Waals surface area contributed by atoms with E-state index in [2.05, 4.69) is 10.6 Å². The van der Waals surface area contributed by atoms with Gasteiger partial charge in [-0.25, -0.2) is 13.6 Å². The molecule has 3 N–H and O–H groups in total. The molecule has 0 heterocycles. The van der Waals surface area contributed by atoms with Crippen LogP contribution in [0.5, 0.6) is 0 Å². The first-order chi connectivity index (χ1) is 12.4. The number of para-hydroxylation sites is 1. The lowest BCUT2D eigenvalue weighted by molar-refractivity contribution is -0.123. The third-order valence-electron chi connectivity index (χ3n) is 3.41. The highest BCUT2D eigenvalue weighted by Crippen LogP contribution is 2.18. The SMILES string of the molecule is C[C@H](OC(=O)c1ccccc1NCCO)C(=O)Nc1cc(F)ccc1F. The van der Waals surface area contributed by atoms with Gasteiger partial charge < -0.3 is 20.5 Å². The number of halogens is 2. The topological polar surface area (TPSA) is 87.7 Å². The van der Waals surface area contributed by atoms with Crippen LogP contribution < -0.4 is 10.6 Å². The molecule has 0 saturated heterocycles. The first kappa shape index (κ1) is 19.3. The summed E-state index contributed by atoms with van der Waals surface area (Å²) in [6.45, 7) is 1.43. The quantitative estimate of drug-likeness (QED) is 0.657. The lowest BCUT2D eigenvalue weighted by Gasteiger charge is -2.16. The number of esters is 1. The van der Waals surface area contributed by atoms with Gasteiger partial charge in [-0.15, -0.1) is 0 Å². The van der Waals surface area contributed by atoms with Gasteiger partial charge in [0.05, 0.1) is 17.9 Å². The van der Waals surface area contributed by atoms with Gasteiger partial charge in [-0.1, -0.05) is 12.1 Å². The fraction of sp³-hybridized carbons (Fsp3) is 0.222. The summed E-state index contributed by atoms with van der Waals surface area (Å²) >= 11 is 0. The van der Waals surface area contributed by atoms with Crippen LogP contribution in [0.1, 0.15) is 17.3 Å². The van der Waals surface area contributed by atoms with Crippen LogP contribution in [0.4, 0.5) is 20.2 Å². The number of hydrogen-bond donors (Lipinski definition) is 3. The highest BCUT2D eigenvalue weighted by Gasteiger charge is 2.21. The van der Waals surface area contributed by atoms with Gasteiger partial charge in [-0.05, 0) is 31.2 Å². The van der Waals surface area contributed by atoms with Gasteiger partial charge in [0.1, 0.15) is 11.6 Å². The minimum absolute atomic E-state index is 0.124. The number of aliphatic hydroxyl groups is 1. The second-order valence-corrected chi connectivity index (χ2v) is 5.36. The van der Waals surface area contributed by atoms with E-state index in [4.69, 9.17) is 9.84 Å². The standard InChI is InChI=1S/C18H18F2N2O4/c1-11(17(24)22-16-10-12(19)6-7-14(16)20)26-18(25)13-4-2-3-5-15(13)21-8-9-23/h2-7,10-11,21,23H,8-9H2,1H3,(H,22,24)/t11-/m0/s1. The van der Waals surface area contributed by atoms with Gasteiger partial charge in [-0.3, -0.25) is 4.79 Å². The molecule has 0 fully saturated rings. The molecule has 8 heteroatoms. The summed E-state index contributed by atoms with van der Waals surface area (Å²) in [4.78, 5) is 24.4. The Labute approximate surface area is 148 Å². The third-order valence-corrected chi connectivity index (χ3v) is 3.41. The van der Waals surface area contributed by atoms with E-state index in [0.717, 1.165) is 18.2 Å². The normalized spacial score (nSPS) is 11.5. The van der Waals surface area contributed by atoms with Gasteiger partial charge in [-0.2, -0.15) is 0 Å². The molecule has 26 heavy (non-hydrogen) atoms. The van der Waals surface area contributed by atoms with Crippen LogP contribution in [0.25, 0.3) is 0 Å². The predicted molar refractivity (Wildman–Crippen MR) is 91.9 cm³/mol. The molecule has 0 aliphatic carbocycles. The van der Waals surface area contributed by atoms with Crippen molar-refractivity contribution in [3.05, 3.63) is 59.7 Å². The average Bonchev–Trinajstić information content (AvgIpc) is 2.63. The van der Waals surface area contributed by atoms with E-state index in [0.29, 0.717) is 5.69 Å². The molecular formula is C18H18F2N2O4. The lowest BCUT2D eigenvalue weighted by atomic mass is 10.1. The molecule has 0 aliphatic heterocycles. The van der Waals surface area contributed by atoms with E-state index in [1.807, 2.05) is 0 Å². The summed E-state index contributed by atoms with van der Waals surface area (Å²) in [5.74, 6) is -3.09. The van der Waals surface area contributed by atoms with E-state index in [1.54, 1.807) is 18.2 Å². The van der Waals surface area contributed by atoms with Crippen LogP contribution in [0.15, 0.2) is 42.5 Å². The van der Waals surface area contributed by atoms with E-state index in [-0.39, 0.29) is 24.4 Å². The maximum atomic E-state index is 13.6. The number of ether oxygens (including phenoxy) is 1. The molecule has 0 aromatic heterocycles. The summed E-state index contributed by atoms with van der Waals surface area (Å²) in [6.07, 6.45) is -1.24. The fourth-order valence-corrected chi connectivity index (χ4v) is 2.11. The number of benzene rings is 2. The van der Waals surface area contributed by atoms with Crippen LogP contribution >= 0.6 is 0 Å². The van der Waals surface area contributed by atoms with Crippen LogP contribution in [0, 0.1) is 11.6 Å². The molecule has 0 aliphatic rings. The summed E-state index contributed by atoms with van der Waals surface area (Å²) in [7, 11) is 0. The van der Waals surface area contributed by atoms with Gasteiger partial charge in [0.25, 0.3) is 5.91 Å². The Hall–Kier alpha value is -3.00. The third kappa shape index (κ3) is 5.00. The van der Waals surface area contributed by atoms with Crippen molar-refractivity contribution in [1.82, 2.24) is 0 Å². The van der Waals surface area contributed by atoms with Crippen molar-refractivity contribution in [2.75, 3.05) is 23.8 Å². The Morgan fingerprint density at radius 3 is 2.62 bits per heavy atom. The molecule has 138 valence electrons. The van der Waals surface area contributed by atoms with E-state index in [9.17, 15) is 18.4 Å². The fourth-order valence-electron chi connectivity index (χ4n) is 2.11. The Kier molecular flexibility index (Phi) is 6.62. The predicted octanol–water partition coefficient (Wildman–Crippen LogP) is 2.55. The molecule has 0 radical (unpaired) electrons. The van der Waals surface area contributed by atoms with E-state index in [1.165, 1.54) is 13.0 Å². The van der Waals surface area contributed by atoms with Gasteiger partial charge in [0, 0.05) is 18.3 Å². The number of aliphatic hydroxyl groups excluding tert-OH is 1. The monoisotopic (exact) mass is 364 g/mol. The van der Waals surface area contributed by atoms with E-state index < -0.39 is 29.6 Å². The van der Waals surface area contributed by atoms with Crippen LogP contribution in [0.3, 0.4) is 0 Å². The van der Waals surface area contributed by atoms with Crippen molar-refractivity contribution in [2.45, 2.75) is 13.0 Å². The number of carbonyl (C=O) groups is 2. The van der Waals surface area contributed by atoms with Gasteiger partial charge >= 0.3 is 5.97 Å². The molecule has 0 saturated carbocycles. The van der Waals surface area contributed by atoms with Gasteiger partial charge in [0.2, 0.25) is 0 Å². The summed E-state index contributed by atoms with van der Waals surface area (Å²) in [5, 5.41) is 13.9. The zero-order valence-corrected chi connectivity index (χ0v) is 14.0. The minimum Gasteiger partial charge on any atom is -0.449 e. The minimum atomic E-state index is -1.24. The molecule has 1 amide bonds. The molecule has 2 rings (SSSR count). The molecule has 2 aromatic rings. The number of rotatable bonds is 7. The highest BCUT2D eigenvalue weighted by molar-refractivity contribution is 5.99. The second-order valence-electron chi connectivity index (χ2n) is 5.36. The maximum absolute atomic E-state index is 13.6. The smallest absolute Gasteiger partial charge is 0.341 e. The van der Waals surface area contributed by atoms with Crippen molar-refractivity contribution in [3.63, 3.8) is 0 Å². The van der Waals surface area contributed by atoms with Crippen LogP contribution in [-0.4, -0.2) is 36.2 Å². The Bertz CT molecular complexity index is 799. The highest BCUT2D eigenvalue weighted by atomic mass is 19.1. The molecule has 2 aromatic carbocycles. The molecule has 0 spiro atoms. The van der Waals surface area contributed by atoms with Crippen molar-refractivity contribution in [3.8, 4) is 0 Å². The first-order valence-electron chi connectivity index (χ1n) is 7.83. The van der Waals surface area contributed by atoms with E-state index >= 15 is 0 Å². The second kappa shape index (κ2) is 8.91. The maximum Gasteiger partial charge on any atom is 0.341 e. The zero-order valence-electron chi connectivity index (χ0n) is 14.0. The molecule has 1 atom stereocenters. The Balaban J connectivity index is 2.04. The lowest BCUT2D eigenvalue weighted by Crippen LogP contribution is -2.30. The molecular weight excluding hydrogens is 346 g/mol. The summed E-state index contributed by atoms with van der Waals surface area (Å²) in [5.41, 5.74) is 0.274. The van der Waals surface area contributed by atoms with Crippen molar-refractivity contribution in [2.24, 2.45) is 0 Å². The van der Waals surface area contributed by atoms with Crippen LogP contribution in [0.2, 0.25) is 0 Å². The Morgan fingerprint density at radius 1 is 1.15 bits per heavy atom. The number of nitrogens with one attached hydrogen (secondary N) is 2. The van der Waals surface area contributed by atoms with Crippen molar-refractivity contribution >= 4 is 23.3 Å². The molecule has 6 nitrogen and oxygen atoms in total.